The van der Waals surface area contributed by atoms with Gasteiger partial charge in [0.2, 0.25) is 5.91 Å². The van der Waals surface area contributed by atoms with Crippen molar-refractivity contribution in [2.24, 2.45) is 5.73 Å². The molecule has 2 N–H and O–H groups in total. The first kappa shape index (κ1) is 19.7. The number of nitrogens with zero attached hydrogens (tertiary/aromatic N) is 1. The highest BCUT2D eigenvalue weighted by Crippen LogP contribution is 2.33. The molecule has 2 aromatic rings. The van der Waals surface area contributed by atoms with Crippen LogP contribution in [-0.2, 0) is 20.9 Å². The quantitative estimate of drug-likeness (QED) is 0.580. The molecule has 28 heavy (non-hydrogen) atoms. The summed E-state index contributed by atoms with van der Waals surface area (Å²) in [5.74, 6) is 0.590. The molecule has 1 amide bonds. The Morgan fingerprint density at radius 1 is 1.07 bits per heavy atom. The van der Waals surface area contributed by atoms with Crippen molar-refractivity contribution < 1.29 is 23.8 Å². The minimum Gasteiger partial charge on any atom is -0.497 e. The largest absolute Gasteiger partial charge is 0.497 e. The third-order valence-electron chi connectivity index (χ3n) is 4.75. The molecule has 3 rings (SSSR count). The lowest BCUT2D eigenvalue weighted by Crippen LogP contribution is -2.71. The monoisotopic (exact) mass is 384 g/mol. The molecule has 2 aromatic carbocycles. The Hall–Kier alpha value is -3.06. The maximum Gasteiger partial charge on any atom is 0.333 e. The molecule has 0 spiro atoms. The summed E-state index contributed by atoms with van der Waals surface area (Å²) in [5, 5.41) is 0. The van der Waals surface area contributed by atoms with Crippen LogP contribution in [0.4, 0.5) is 0 Å². The Morgan fingerprint density at radius 3 is 2.07 bits per heavy atom. The zero-order valence-electron chi connectivity index (χ0n) is 16.2. The summed E-state index contributed by atoms with van der Waals surface area (Å²) in [5.41, 5.74) is 6.44. The Kier molecular flexibility index (Phi) is 5.56. The number of β-lactam (4-membered cyclic amide) rings is 1. The number of methoxy groups -OCH3 is 2. The molecule has 1 fully saturated rings. The highest BCUT2D eigenvalue weighted by Gasteiger charge is 2.50. The molecule has 1 aliphatic heterocycles. The lowest BCUT2D eigenvalue weighted by Gasteiger charge is -2.47. The number of amides is 1. The summed E-state index contributed by atoms with van der Waals surface area (Å²) in [6.45, 7) is 2.02. The van der Waals surface area contributed by atoms with Crippen LogP contribution in [0, 0.1) is 0 Å². The number of nitrogens with two attached hydrogens (primary N) is 1. The van der Waals surface area contributed by atoms with Crippen LogP contribution >= 0.6 is 0 Å². The summed E-state index contributed by atoms with van der Waals surface area (Å²) in [4.78, 5) is 26.7. The van der Waals surface area contributed by atoms with E-state index >= 15 is 0 Å². The molecule has 7 nitrogen and oxygen atoms in total. The van der Waals surface area contributed by atoms with Crippen LogP contribution in [0.3, 0.4) is 0 Å². The van der Waals surface area contributed by atoms with Crippen molar-refractivity contribution in [1.82, 2.24) is 4.90 Å². The second kappa shape index (κ2) is 7.90. The molecule has 7 heteroatoms. The smallest absolute Gasteiger partial charge is 0.333 e. The molecule has 0 aliphatic carbocycles. The third-order valence-corrected chi connectivity index (χ3v) is 4.75. The minimum atomic E-state index is -0.957. The van der Waals surface area contributed by atoms with Gasteiger partial charge in [0.1, 0.15) is 23.6 Å². The average molecular weight is 384 g/mol. The van der Waals surface area contributed by atoms with Gasteiger partial charge < -0.3 is 24.8 Å². The van der Waals surface area contributed by atoms with Crippen molar-refractivity contribution in [3.8, 4) is 11.5 Å². The molecule has 0 bridgehead atoms. The highest BCUT2D eigenvalue weighted by atomic mass is 16.5. The molecule has 1 aliphatic rings. The molecular formula is C21H24N2O5. The van der Waals surface area contributed by atoms with E-state index in [0.717, 1.165) is 11.3 Å². The second-order valence-electron chi connectivity index (χ2n) is 6.98. The predicted octanol–water partition coefficient (Wildman–Crippen LogP) is 2.05. The zero-order valence-corrected chi connectivity index (χ0v) is 16.2. The normalized spacial score (nSPS) is 19.6. The van der Waals surface area contributed by atoms with E-state index < -0.39 is 17.6 Å². The van der Waals surface area contributed by atoms with Crippen LogP contribution in [0.1, 0.15) is 24.1 Å². The molecular weight excluding hydrogens is 360 g/mol. The number of esters is 1. The standard InChI is InChI=1S/C21H24N2O5/c1-21(22)13-23(20(21)25)18(15-6-10-17(27-3)11-7-15)19(24)28-12-14-4-8-16(26-2)9-5-14/h4-11,18H,12-13,22H2,1-3H3/t18?,21-/m0/s1. The lowest BCUT2D eigenvalue weighted by atomic mass is 9.88. The van der Waals surface area contributed by atoms with Gasteiger partial charge in [-0.3, -0.25) is 4.79 Å². The molecule has 1 unspecified atom stereocenters. The number of hydrogen-bond acceptors (Lipinski definition) is 6. The van der Waals surface area contributed by atoms with Crippen LogP contribution in [0.25, 0.3) is 0 Å². The van der Waals surface area contributed by atoms with Gasteiger partial charge in [-0.25, -0.2) is 4.79 Å². The fraction of sp³-hybridized carbons (Fsp3) is 0.333. The summed E-state index contributed by atoms with van der Waals surface area (Å²) in [7, 11) is 3.15. The van der Waals surface area contributed by atoms with E-state index in [2.05, 4.69) is 0 Å². The van der Waals surface area contributed by atoms with E-state index in [1.807, 2.05) is 12.1 Å². The first-order valence-electron chi connectivity index (χ1n) is 8.89. The van der Waals surface area contributed by atoms with Gasteiger partial charge in [-0.2, -0.15) is 0 Å². The van der Waals surface area contributed by atoms with Gasteiger partial charge in [-0.05, 0) is 42.3 Å². The van der Waals surface area contributed by atoms with Crippen LogP contribution in [0.15, 0.2) is 48.5 Å². The van der Waals surface area contributed by atoms with Crippen LogP contribution in [0.5, 0.6) is 11.5 Å². The van der Waals surface area contributed by atoms with Crippen molar-refractivity contribution >= 4 is 11.9 Å². The SMILES string of the molecule is COc1ccc(COC(=O)C(c2ccc(OC)cc2)N2C[C@](C)(N)C2=O)cc1. The van der Waals surface area contributed by atoms with Crippen molar-refractivity contribution in [3.05, 3.63) is 59.7 Å². The molecule has 148 valence electrons. The third kappa shape index (κ3) is 3.94. The summed E-state index contributed by atoms with van der Waals surface area (Å²) >= 11 is 0. The van der Waals surface area contributed by atoms with Gasteiger partial charge in [-0.15, -0.1) is 0 Å². The number of likely N-dealkylation sites (tertiary alicyclic amines) is 1. The number of hydrogen-bond donors (Lipinski definition) is 1. The van der Waals surface area contributed by atoms with Gasteiger partial charge in [-0.1, -0.05) is 24.3 Å². The van der Waals surface area contributed by atoms with Gasteiger partial charge in [0.05, 0.1) is 14.2 Å². The summed E-state index contributed by atoms with van der Waals surface area (Å²) < 4.78 is 15.8. The molecule has 0 radical (unpaired) electrons. The van der Waals surface area contributed by atoms with Gasteiger partial charge >= 0.3 is 5.97 Å². The Labute approximate surface area is 164 Å². The Bertz CT molecular complexity index is 846. The second-order valence-corrected chi connectivity index (χ2v) is 6.98. The molecule has 2 atom stereocenters. The van der Waals surface area contributed by atoms with Crippen LogP contribution in [0.2, 0.25) is 0 Å². The van der Waals surface area contributed by atoms with Gasteiger partial charge in [0.25, 0.3) is 0 Å². The van der Waals surface area contributed by atoms with E-state index in [0.29, 0.717) is 11.3 Å². The summed E-state index contributed by atoms with van der Waals surface area (Å²) in [6, 6.07) is 13.4. The van der Waals surface area contributed by atoms with Crippen molar-refractivity contribution in [2.45, 2.75) is 25.1 Å². The number of benzene rings is 2. The van der Waals surface area contributed by atoms with E-state index in [1.165, 1.54) is 4.90 Å². The van der Waals surface area contributed by atoms with Crippen molar-refractivity contribution in [3.63, 3.8) is 0 Å². The first-order valence-corrected chi connectivity index (χ1v) is 8.89. The molecule has 0 saturated carbocycles. The maximum absolute atomic E-state index is 12.9. The Balaban J connectivity index is 1.77. The molecule has 0 aromatic heterocycles. The van der Waals surface area contributed by atoms with Crippen molar-refractivity contribution in [2.75, 3.05) is 20.8 Å². The zero-order chi connectivity index (χ0) is 20.3. The Morgan fingerprint density at radius 2 is 1.61 bits per heavy atom. The summed E-state index contributed by atoms with van der Waals surface area (Å²) in [6.07, 6.45) is 0. The maximum atomic E-state index is 12.9. The number of rotatable bonds is 7. The van der Waals surface area contributed by atoms with Crippen LogP contribution in [-0.4, -0.2) is 43.1 Å². The average Bonchev–Trinajstić information content (AvgIpc) is 2.72. The lowest BCUT2D eigenvalue weighted by molar-refractivity contribution is -0.167. The fourth-order valence-electron chi connectivity index (χ4n) is 3.12. The van der Waals surface area contributed by atoms with E-state index in [-0.39, 0.29) is 19.1 Å². The predicted molar refractivity (Wildman–Crippen MR) is 103 cm³/mol. The number of ether oxygens (including phenoxy) is 3. The first-order chi connectivity index (χ1) is 13.4. The van der Waals surface area contributed by atoms with E-state index in [4.69, 9.17) is 19.9 Å². The van der Waals surface area contributed by atoms with Crippen molar-refractivity contribution in [1.29, 1.82) is 0 Å². The molecule has 1 heterocycles. The topological polar surface area (TPSA) is 91.1 Å². The fourth-order valence-corrected chi connectivity index (χ4v) is 3.12. The van der Waals surface area contributed by atoms with E-state index in [1.54, 1.807) is 57.5 Å². The number of carbonyl (C=O) groups is 2. The van der Waals surface area contributed by atoms with Crippen LogP contribution < -0.4 is 15.2 Å². The number of carbonyl (C=O) groups excluding carboxylic acids is 2. The van der Waals surface area contributed by atoms with Gasteiger partial charge in [0.15, 0.2) is 6.04 Å². The minimum absolute atomic E-state index is 0.0946. The van der Waals surface area contributed by atoms with E-state index in [9.17, 15) is 9.59 Å². The van der Waals surface area contributed by atoms with Gasteiger partial charge in [0, 0.05) is 6.54 Å². The highest BCUT2D eigenvalue weighted by molar-refractivity contribution is 5.96. The molecule has 1 saturated heterocycles.